The fourth-order valence-corrected chi connectivity index (χ4v) is 3.83. The second kappa shape index (κ2) is 7.54. The topological polar surface area (TPSA) is 73.1 Å². The molecule has 4 rings (SSSR count). The van der Waals surface area contributed by atoms with Gasteiger partial charge in [-0.15, -0.1) is 11.3 Å². The van der Waals surface area contributed by atoms with Gasteiger partial charge in [0.25, 0.3) is 5.69 Å². The number of benzene rings is 3. The van der Waals surface area contributed by atoms with Crippen LogP contribution in [0.15, 0.2) is 78.9 Å². The SMILES string of the molecule is O=C(C(=Cc1cccc([N+](=O)[O-])c1)c1nc2ccccc2s1)c1ccccc1. The summed E-state index contributed by atoms with van der Waals surface area (Å²) < 4.78 is 0.975. The van der Waals surface area contributed by atoms with Crippen molar-refractivity contribution in [2.45, 2.75) is 0 Å². The van der Waals surface area contributed by atoms with Gasteiger partial charge < -0.3 is 0 Å². The molecular formula is C22H14N2O3S. The lowest BCUT2D eigenvalue weighted by Crippen LogP contribution is -2.02. The van der Waals surface area contributed by atoms with Gasteiger partial charge in [0.2, 0.25) is 0 Å². The number of ketones is 1. The molecule has 1 aromatic heterocycles. The number of para-hydroxylation sites is 1. The Morgan fingerprint density at radius 3 is 2.46 bits per heavy atom. The van der Waals surface area contributed by atoms with Gasteiger partial charge >= 0.3 is 0 Å². The number of nitro groups is 1. The van der Waals surface area contributed by atoms with Crippen LogP contribution in [0.25, 0.3) is 21.9 Å². The number of thiazole rings is 1. The molecule has 0 N–H and O–H groups in total. The number of fused-ring (bicyclic) bond motifs is 1. The summed E-state index contributed by atoms with van der Waals surface area (Å²) in [6, 6.07) is 22.8. The van der Waals surface area contributed by atoms with E-state index >= 15 is 0 Å². The molecule has 3 aromatic carbocycles. The van der Waals surface area contributed by atoms with Crippen molar-refractivity contribution in [1.82, 2.24) is 4.98 Å². The highest BCUT2D eigenvalue weighted by Crippen LogP contribution is 2.31. The third-order valence-electron chi connectivity index (χ3n) is 4.20. The summed E-state index contributed by atoms with van der Waals surface area (Å²) in [5, 5.41) is 11.7. The van der Waals surface area contributed by atoms with Gasteiger partial charge in [0.05, 0.1) is 20.7 Å². The second-order valence-corrected chi connectivity index (χ2v) is 7.12. The first kappa shape index (κ1) is 17.8. The Morgan fingerprint density at radius 1 is 0.964 bits per heavy atom. The Bertz CT molecular complexity index is 1180. The van der Waals surface area contributed by atoms with E-state index < -0.39 is 4.92 Å². The molecule has 0 radical (unpaired) electrons. The lowest BCUT2D eigenvalue weighted by molar-refractivity contribution is -0.384. The van der Waals surface area contributed by atoms with Crippen molar-refractivity contribution in [3.05, 3.63) is 105 Å². The molecule has 0 fully saturated rings. The quantitative estimate of drug-likeness (QED) is 0.193. The molecule has 0 aliphatic rings. The van der Waals surface area contributed by atoms with Gasteiger partial charge in [-0.1, -0.05) is 54.6 Å². The number of allylic oxidation sites excluding steroid dienone is 1. The summed E-state index contributed by atoms with van der Waals surface area (Å²) in [5.41, 5.74) is 2.32. The number of carbonyl (C=O) groups excluding carboxylic acids is 1. The van der Waals surface area contributed by atoms with Crippen LogP contribution in [0.1, 0.15) is 20.9 Å². The number of hydrogen-bond acceptors (Lipinski definition) is 5. The lowest BCUT2D eigenvalue weighted by atomic mass is 10.0. The number of nitro benzene ring substituents is 1. The Morgan fingerprint density at radius 2 is 1.71 bits per heavy atom. The third-order valence-corrected chi connectivity index (χ3v) is 5.27. The predicted molar refractivity (Wildman–Crippen MR) is 111 cm³/mol. The third kappa shape index (κ3) is 3.58. The maximum Gasteiger partial charge on any atom is 0.270 e. The maximum atomic E-state index is 13.2. The minimum atomic E-state index is -0.451. The zero-order valence-corrected chi connectivity index (χ0v) is 15.4. The smallest absolute Gasteiger partial charge is 0.270 e. The summed E-state index contributed by atoms with van der Waals surface area (Å²) in [6.45, 7) is 0. The fraction of sp³-hybridized carbons (Fsp3) is 0. The Hall–Kier alpha value is -3.64. The summed E-state index contributed by atoms with van der Waals surface area (Å²) in [7, 11) is 0. The number of hydrogen-bond donors (Lipinski definition) is 0. The monoisotopic (exact) mass is 386 g/mol. The molecule has 0 saturated carbocycles. The molecule has 6 heteroatoms. The second-order valence-electron chi connectivity index (χ2n) is 6.09. The molecule has 1 heterocycles. The van der Waals surface area contributed by atoms with E-state index in [9.17, 15) is 14.9 Å². The van der Waals surface area contributed by atoms with Gasteiger partial charge in [-0.05, 0) is 23.8 Å². The minimum Gasteiger partial charge on any atom is -0.288 e. The van der Waals surface area contributed by atoms with E-state index in [0.29, 0.717) is 21.7 Å². The number of Topliss-reactive ketones (excluding diaryl/α,β-unsaturated/α-hetero) is 1. The van der Waals surface area contributed by atoms with Gasteiger partial charge in [-0.3, -0.25) is 14.9 Å². The Labute approximate surface area is 164 Å². The zero-order valence-electron chi connectivity index (χ0n) is 14.6. The fourth-order valence-electron chi connectivity index (χ4n) is 2.85. The average Bonchev–Trinajstić information content (AvgIpc) is 3.16. The van der Waals surface area contributed by atoms with Crippen LogP contribution in [-0.4, -0.2) is 15.7 Å². The van der Waals surface area contributed by atoms with Crippen LogP contribution in [-0.2, 0) is 0 Å². The van der Waals surface area contributed by atoms with Gasteiger partial charge in [0, 0.05) is 17.7 Å². The van der Waals surface area contributed by atoms with Crippen LogP contribution in [0.2, 0.25) is 0 Å². The molecule has 136 valence electrons. The Kier molecular flexibility index (Phi) is 4.78. The van der Waals surface area contributed by atoms with Gasteiger partial charge in [-0.25, -0.2) is 4.98 Å². The van der Waals surface area contributed by atoms with E-state index in [-0.39, 0.29) is 11.5 Å². The molecule has 5 nitrogen and oxygen atoms in total. The number of carbonyl (C=O) groups is 1. The highest BCUT2D eigenvalue weighted by molar-refractivity contribution is 7.20. The van der Waals surface area contributed by atoms with Crippen LogP contribution >= 0.6 is 11.3 Å². The average molecular weight is 386 g/mol. The van der Waals surface area contributed by atoms with Crippen molar-refractivity contribution >= 4 is 44.7 Å². The van der Waals surface area contributed by atoms with E-state index in [0.717, 1.165) is 10.2 Å². The van der Waals surface area contributed by atoms with Crippen LogP contribution in [0, 0.1) is 10.1 Å². The molecule has 28 heavy (non-hydrogen) atoms. The van der Waals surface area contributed by atoms with E-state index in [1.807, 2.05) is 30.3 Å². The van der Waals surface area contributed by atoms with Gasteiger partial charge in [0.1, 0.15) is 5.01 Å². The van der Waals surface area contributed by atoms with Crippen LogP contribution in [0.4, 0.5) is 5.69 Å². The molecule has 0 aliphatic carbocycles. The Balaban J connectivity index is 1.87. The number of non-ortho nitro benzene ring substituents is 1. The summed E-state index contributed by atoms with van der Waals surface area (Å²) in [6.07, 6.45) is 1.67. The van der Waals surface area contributed by atoms with Crippen molar-refractivity contribution < 1.29 is 9.72 Å². The van der Waals surface area contributed by atoms with E-state index in [2.05, 4.69) is 4.98 Å². The van der Waals surface area contributed by atoms with Crippen molar-refractivity contribution in [3.63, 3.8) is 0 Å². The molecular weight excluding hydrogens is 372 g/mol. The van der Waals surface area contributed by atoms with Crippen LogP contribution < -0.4 is 0 Å². The minimum absolute atomic E-state index is 0.0236. The molecule has 4 aromatic rings. The zero-order chi connectivity index (χ0) is 19.5. The number of nitrogens with zero attached hydrogens (tertiary/aromatic N) is 2. The molecule has 0 spiro atoms. The molecule has 0 unspecified atom stereocenters. The molecule has 0 saturated heterocycles. The normalized spacial score (nSPS) is 11.5. The summed E-state index contributed by atoms with van der Waals surface area (Å²) in [4.78, 5) is 28.5. The molecule has 0 atom stereocenters. The molecule has 0 aliphatic heterocycles. The van der Waals surface area contributed by atoms with Crippen molar-refractivity contribution in [1.29, 1.82) is 0 Å². The van der Waals surface area contributed by atoms with E-state index in [1.54, 1.807) is 42.5 Å². The predicted octanol–water partition coefficient (Wildman–Crippen LogP) is 5.63. The first-order valence-electron chi connectivity index (χ1n) is 8.54. The lowest BCUT2D eigenvalue weighted by Gasteiger charge is -2.05. The van der Waals surface area contributed by atoms with Crippen molar-refractivity contribution in [2.75, 3.05) is 0 Å². The van der Waals surface area contributed by atoms with E-state index in [4.69, 9.17) is 0 Å². The standard InChI is InChI=1S/C22H14N2O3S/c25-21(16-8-2-1-3-9-16)18(14-15-7-6-10-17(13-15)24(26)27)22-23-19-11-4-5-12-20(19)28-22/h1-14H. The highest BCUT2D eigenvalue weighted by atomic mass is 32.1. The first-order valence-corrected chi connectivity index (χ1v) is 9.35. The largest absolute Gasteiger partial charge is 0.288 e. The molecule has 0 bridgehead atoms. The maximum absolute atomic E-state index is 13.2. The van der Waals surface area contributed by atoms with Crippen molar-refractivity contribution in [2.24, 2.45) is 0 Å². The van der Waals surface area contributed by atoms with Gasteiger partial charge in [-0.2, -0.15) is 0 Å². The summed E-state index contributed by atoms with van der Waals surface area (Å²) in [5.74, 6) is -0.175. The summed E-state index contributed by atoms with van der Waals surface area (Å²) >= 11 is 1.42. The van der Waals surface area contributed by atoms with E-state index in [1.165, 1.54) is 23.5 Å². The molecule has 0 amide bonds. The highest BCUT2D eigenvalue weighted by Gasteiger charge is 2.19. The van der Waals surface area contributed by atoms with Crippen molar-refractivity contribution in [3.8, 4) is 0 Å². The first-order chi connectivity index (χ1) is 13.6. The number of aromatic nitrogens is 1. The van der Waals surface area contributed by atoms with Gasteiger partial charge in [0.15, 0.2) is 5.78 Å². The number of rotatable bonds is 5. The van der Waals surface area contributed by atoms with Crippen LogP contribution in [0.3, 0.4) is 0 Å². The van der Waals surface area contributed by atoms with Crippen LogP contribution in [0.5, 0.6) is 0 Å².